The zero-order valence-corrected chi connectivity index (χ0v) is 65.0. The van der Waals surface area contributed by atoms with Gasteiger partial charge in [-0.15, -0.1) is 11.6 Å². The third-order valence-electron chi connectivity index (χ3n) is 17.3. The van der Waals surface area contributed by atoms with Gasteiger partial charge in [0.2, 0.25) is 0 Å². The Balaban J connectivity index is 0.00000134. The summed E-state index contributed by atoms with van der Waals surface area (Å²) in [6.45, 7) is 26.4. The maximum atomic E-state index is 11.9. The predicted octanol–water partition coefficient (Wildman–Crippen LogP) is 15.2. The molecule has 1 saturated heterocycles. The zero-order valence-electron chi connectivity index (χ0n) is 60.6. The van der Waals surface area contributed by atoms with E-state index < -0.39 is 17.2 Å². The number of carbonyl (C=O) groups is 2. The molecule has 0 aliphatic carbocycles. The number of alkyl halides is 1. The molecule has 0 bridgehead atoms. The Morgan fingerprint density at radius 2 is 0.968 bits per heavy atom. The number of unbranched alkanes of at least 4 members (excludes halogenated alkanes) is 11. The van der Waals surface area contributed by atoms with Crippen molar-refractivity contribution in [2.24, 2.45) is 0 Å². The Bertz CT molecular complexity index is 2690. The van der Waals surface area contributed by atoms with E-state index in [1.165, 1.54) is 133 Å². The van der Waals surface area contributed by atoms with Crippen molar-refractivity contribution in [1.29, 1.82) is 0 Å². The van der Waals surface area contributed by atoms with Crippen LogP contribution in [0.3, 0.4) is 0 Å². The van der Waals surface area contributed by atoms with Gasteiger partial charge in [0, 0.05) is 24.5 Å². The van der Waals surface area contributed by atoms with Crippen LogP contribution in [0.15, 0.2) is 170 Å². The van der Waals surface area contributed by atoms with Crippen molar-refractivity contribution in [3.05, 3.63) is 214 Å². The minimum Gasteiger partial charge on any atom is -1.00 e. The molecule has 95 heavy (non-hydrogen) atoms. The third-order valence-corrected chi connectivity index (χ3v) is 18.0. The van der Waals surface area contributed by atoms with Crippen LogP contribution in [0.1, 0.15) is 252 Å². The first-order valence-electron chi connectivity index (χ1n) is 35.5. The predicted molar refractivity (Wildman–Crippen MR) is 393 cm³/mol. The minimum absolute atomic E-state index is 0. The number of aliphatic hydroxyl groups excluding tert-OH is 1. The molecule has 1 N–H and O–H groups in total. The first-order chi connectivity index (χ1) is 45.2. The van der Waals surface area contributed by atoms with Crippen LogP contribution in [0.2, 0.25) is 0 Å². The number of rotatable bonds is 34. The van der Waals surface area contributed by atoms with Gasteiger partial charge in [0.05, 0.1) is 46.3 Å². The smallest absolute Gasteiger partial charge is 1.00 e. The quantitative estimate of drug-likeness (QED) is 0.00616. The summed E-state index contributed by atoms with van der Waals surface area (Å²) >= 11 is 5.46. The van der Waals surface area contributed by atoms with Gasteiger partial charge in [-0.1, -0.05) is 295 Å². The van der Waals surface area contributed by atoms with Crippen LogP contribution in [0.4, 0.5) is 0 Å². The first kappa shape index (κ1) is 91.0. The summed E-state index contributed by atoms with van der Waals surface area (Å²) in [6.07, 6.45) is 22.6. The summed E-state index contributed by atoms with van der Waals surface area (Å²) < 4.78 is 15.7. The van der Waals surface area contributed by atoms with Crippen molar-refractivity contribution >= 4 is 35.6 Å². The van der Waals surface area contributed by atoms with Gasteiger partial charge in [-0.3, -0.25) is 14.6 Å². The number of hydrogen-bond donors (Lipinski definition) is 1. The molecule has 0 amide bonds. The van der Waals surface area contributed by atoms with E-state index in [1.807, 2.05) is 6.92 Å². The molecular formula is C82H122Cl2NNaO8S. The Labute approximate surface area is 615 Å². The van der Waals surface area contributed by atoms with E-state index in [4.69, 9.17) is 26.2 Å². The summed E-state index contributed by atoms with van der Waals surface area (Å²) in [4.78, 5) is 23.7. The number of piperidine rings is 1. The van der Waals surface area contributed by atoms with Gasteiger partial charge in [0.25, 0.3) is 0 Å². The molecular weight excluding hydrogens is 1250 g/mol. The summed E-state index contributed by atoms with van der Waals surface area (Å²) in [7, 11) is 2.37. The van der Waals surface area contributed by atoms with Crippen LogP contribution in [-0.4, -0.2) is 79.2 Å². The normalized spacial score (nSPS) is 13.5. The Kier molecular flexibility index (Phi) is 56.4. The van der Waals surface area contributed by atoms with E-state index in [-0.39, 0.29) is 67.5 Å². The zero-order chi connectivity index (χ0) is 68.2. The van der Waals surface area contributed by atoms with Gasteiger partial charge >= 0.3 is 41.5 Å². The number of hydrogen-bond acceptors (Lipinski definition) is 9. The molecule has 1 fully saturated rings. The number of esters is 2. The average molecular weight is 1380 g/mol. The number of quaternary nitrogens is 1. The molecule has 1 heterocycles. The molecule has 0 aromatic heterocycles. The molecule has 0 saturated carbocycles. The van der Waals surface area contributed by atoms with Gasteiger partial charge in [-0.2, -0.15) is 4.33 Å². The van der Waals surface area contributed by atoms with E-state index in [0.29, 0.717) is 42.3 Å². The van der Waals surface area contributed by atoms with Gasteiger partial charge < -0.3 is 36.7 Å². The van der Waals surface area contributed by atoms with Crippen LogP contribution in [0.25, 0.3) is 0 Å². The van der Waals surface area contributed by atoms with Crippen molar-refractivity contribution < 1.29 is 85.2 Å². The molecule has 13 heteroatoms. The van der Waals surface area contributed by atoms with Crippen molar-refractivity contribution in [1.82, 2.24) is 0 Å². The number of halogens is 2. The van der Waals surface area contributed by atoms with Crippen LogP contribution in [0.5, 0.6) is 0 Å². The summed E-state index contributed by atoms with van der Waals surface area (Å²) in [5, 5.41) is 19.8. The molecule has 524 valence electrons. The van der Waals surface area contributed by atoms with E-state index in [2.05, 4.69) is 242 Å². The molecule has 1 aliphatic heterocycles. The number of likely N-dealkylation sites (tertiary alicyclic amines) is 1. The number of aliphatic hydroxyl groups is 1. The summed E-state index contributed by atoms with van der Waals surface area (Å²) in [5.41, 5.74) is 11.3. The second kappa shape index (κ2) is 58.9. The number of carbonyl (C=O) groups excluding carboxylic acids is 2. The van der Waals surface area contributed by atoms with Crippen molar-refractivity contribution in [2.75, 3.05) is 52.4 Å². The van der Waals surface area contributed by atoms with Crippen molar-refractivity contribution in [2.45, 2.75) is 232 Å². The maximum Gasteiger partial charge on any atom is 1.00 e. The average Bonchev–Trinajstić information content (AvgIpc) is 0.783. The van der Waals surface area contributed by atoms with Gasteiger partial charge in [-0.05, 0) is 141 Å². The number of ether oxygens (including phenoxy) is 2. The van der Waals surface area contributed by atoms with Crippen molar-refractivity contribution in [3.8, 4) is 0 Å². The van der Waals surface area contributed by atoms with E-state index in [9.17, 15) is 14.8 Å². The largest absolute Gasteiger partial charge is 1.00 e. The molecule has 9 nitrogen and oxygen atoms in total. The Hall–Kier alpha value is -4.01. The number of benzene rings is 6. The van der Waals surface area contributed by atoms with Crippen LogP contribution < -0.4 is 47.2 Å². The minimum atomic E-state index is -0.978. The molecule has 1 aliphatic rings. The van der Waals surface area contributed by atoms with Gasteiger partial charge in [0.15, 0.2) is 0 Å². The molecule has 5 atom stereocenters. The maximum absolute atomic E-state index is 11.9. The topological polar surface area (TPSA) is 114 Å². The Morgan fingerprint density at radius 1 is 0.547 bits per heavy atom. The second-order valence-electron chi connectivity index (χ2n) is 25.2. The Morgan fingerprint density at radius 3 is 1.42 bits per heavy atom. The fraction of sp³-hybridized carbons (Fsp3) is 0.537. The number of aryl methyl sites for hydroxylation is 2. The van der Waals surface area contributed by atoms with Gasteiger partial charge in [-0.25, -0.2) is 0 Å². The second-order valence-corrected chi connectivity index (χ2v) is 26.6. The van der Waals surface area contributed by atoms with E-state index >= 15 is 0 Å². The summed E-state index contributed by atoms with van der Waals surface area (Å²) in [5.74, 6) is 1.36. The molecule has 6 aromatic rings. The standard InChI is InChI=1S/C39H40.C16H30O7S.C15H24.C8H18N.C2H5Cl.C2H6O.ClH.Na/c1-29(2)32-26-24-31(25-27-32)28-37(34-18-10-5-11-19-34)39(36-22-14-7-15-23-36)38(35-20-12-6-13-21-35)30(3)33-16-8-4-9-17-33;1-3-5-7-9-11-20-15(17)13-14(24-23-22-19)16(18)21-12-10-8-6-4-2;1-3-4-5-6-7-8-9-15-12-10-14(2)11-13-15;1-3-9(2)7-5-4-6-8-9;2*1-2-3;;/h4-27,29-30,37-39H,28H2,1-3H3;14,19H,3-13H2,1-2H3;10-13H,3-9H2,1-2H3;3-8H2,1-2H3;2H2,1H3;3H,2H2,1H3;1H;/q;;;+1;;;;+1/p-2. The molecule has 0 spiro atoms. The summed E-state index contributed by atoms with van der Waals surface area (Å²) in [6, 6.07) is 63.0. The van der Waals surface area contributed by atoms with Crippen molar-refractivity contribution in [3.63, 3.8) is 0 Å². The van der Waals surface area contributed by atoms with Crippen LogP contribution in [-0.2, 0) is 41.3 Å². The monoisotopic (exact) mass is 1370 g/mol. The SMILES string of the molecule is CC(C)c1ccc(CC(c2ccccc2)C(c2ccccc2)C(c2ccccc2)C(C)c2ccccc2)cc1.CCCCCCCCc1ccc(C)cc1.CCCCCCOC(=O)CC(SOO[O-])C(=O)OCCCCCC.CCCl.CCO.CC[N+]1(C)CCCCC1.[Cl-].[Na+]. The van der Waals surface area contributed by atoms with Crippen LogP contribution >= 0.6 is 23.6 Å². The van der Waals surface area contributed by atoms with E-state index in [0.717, 1.165) is 63.7 Å². The fourth-order valence-electron chi connectivity index (χ4n) is 11.7. The molecule has 0 radical (unpaired) electrons. The van der Waals surface area contributed by atoms with Crippen LogP contribution in [0, 0.1) is 6.92 Å². The van der Waals surface area contributed by atoms with Gasteiger partial charge in [0.1, 0.15) is 5.25 Å². The molecule has 6 aromatic carbocycles. The molecule has 5 unspecified atom stereocenters. The number of nitrogens with zero attached hydrogens (tertiary/aromatic N) is 1. The fourth-order valence-corrected chi connectivity index (χ4v) is 12.1. The third kappa shape index (κ3) is 40.6. The first-order valence-corrected chi connectivity index (χ1v) is 36.8. The van der Waals surface area contributed by atoms with E-state index in [1.54, 1.807) is 6.92 Å². The molecule has 7 rings (SSSR count).